The molecule has 1 aromatic carbocycles. The fraction of sp³-hybridized carbons (Fsp3) is 0.333. The van der Waals surface area contributed by atoms with E-state index in [1.54, 1.807) is 13.0 Å². The number of amides is 1. The van der Waals surface area contributed by atoms with E-state index in [0.29, 0.717) is 0 Å². The summed E-state index contributed by atoms with van der Waals surface area (Å²) in [6.07, 6.45) is 0. The topological polar surface area (TPSA) is 81.4 Å². The minimum absolute atomic E-state index is 0.0893. The minimum atomic E-state index is -0.958. The van der Waals surface area contributed by atoms with E-state index in [2.05, 4.69) is 10.1 Å². The van der Waals surface area contributed by atoms with Gasteiger partial charge in [-0.05, 0) is 19.1 Å². The molecular weight excluding hydrogens is 239 g/mol. The van der Waals surface area contributed by atoms with Gasteiger partial charge in [-0.15, -0.1) is 0 Å². The molecule has 0 heterocycles. The average Bonchev–Trinajstić information content (AvgIpc) is 2.36. The van der Waals surface area contributed by atoms with Gasteiger partial charge in [0.2, 0.25) is 0 Å². The Hall–Kier alpha value is -1.95. The number of rotatable bonds is 5. The third kappa shape index (κ3) is 3.81. The Balaban J connectivity index is 2.52. The number of benzene rings is 1. The molecule has 0 bridgehead atoms. The molecule has 18 heavy (non-hydrogen) atoms. The van der Waals surface area contributed by atoms with Crippen LogP contribution in [-0.2, 0) is 9.53 Å². The van der Waals surface area contributed by atoms with Crippen LogP contribution in [0.3, 0.4) is 0 Å². The van der Waals surface area contributed by atoms with Gasteiger partial charge in [0.1, 0.15) is 11.9 Å². The molecule has 0 radical (unpaired) electrons. The number of nitrogens with two attached hydrogens (primary N) is 1. The number of halogens is 1. The van der Waals surface area contributed by atoms with Crippen molar-refractivity contribution < 1.29 is 18.7 Å². The molecule has 98 valence electrons. The summed E-state index contributed by atoms with van der Waals surface area (Å²) >= 11 is 0. The quantitative estimate of drug-likeness (QED) is 0.747. The molecular formula is C12H15FN2O3. The first-order valence-electron chi connectivity index (χ1n) is 5.51. The van der Waals surface area contributed by atoms with Crippen LogP contribution in [0, 0.1) is 5.82 Å². The molecule has 0 aromatic heterocycles. The van der Waals surface area contributed by atoms with Gasteiger partial charge in [0.15, 0.2) is 0 Å². The molecule has 3 N–H and O–H groups in total. The Labute approximate surface area is 104 Å². The van der Waals surface area contributed by atoms with Crippen molar-refractivity contribution in [1.82, 2.24) is 5.32 Å². The van der Waals surface area contributed by atoms with Crippen molar-refractivity contribution in [2.75, 3.05) is 13.2 Å². The molecule has 6 heteroatoms. The summed E-state index contributed by atoms with van der Waals surface area (Å²) in [6.45, 7) is 1.77. The van der Waals surface area contributed by atoms with Gasteiger partial charge in [0, 0.05) is 6.54 Å². The smallest absolute Gasteiger partial charge is 0.324 e. The largest absolute Gasteiger partial charge is 0.465 e. The molecule has 0 spiro atoms. The van der Waals surface area contributed by atoms with E-state index in [0.717, 1.165) is 0 Å². The average molecular weight is 254 g/mol. The normalized spacial score (nSPS) is 11.7. The Bertz CT molecular complexity index is 437. The molecule has 1 aromatic rings. The zero-order chi connectivity index (χ0) is 13.5. The molecule has 5 nitrogen and oxygen atoms in total. The third-order valence-electron chi connectivity index (χ3n) is 2.19. The number of carbonyl (C=O) groups is 2. The van der Waals surface area contributed by atoms with Crippen molar-refractivity contribution in [2.45, 2.75) is 13.0 Å². The summed E-state index contributed by atoms with van der Waals surface area (Å²) in [4.78, 5) is 22.8. The van der Waals surface area contributed by atoms with E-state index >= 15 is 0 Å². The number of hydrogen-bond donors (Lipinski definition) is 2. The summed E-state index contributed by atoms with van der Waals surface area (Å²) < 4.78 is 17.9. The van der Waals surface area contributed by atoms with E-state index in [4.69, 9.17) is 5.73 Å². The Morgan fingerprint density at radius 2 is 2.11 bits per heavy atom. The zero-order valence-electron chi connectivity index (χ0n) is 9.98. The summed E-state index contributed by atoms with van der Waals surface area (Å²) in [5.74, 6) is -1.85. The lowest BCUT2D eigenvalue weighted by molar-refractivity contribution is -0.144. The summed E-state index contributed by atoms with van der Waals surface area (Å²) in [7, 11) is 0. The highest BCUT2D eigenvalue weighted by atomic mass is 19.1. The van der Waals surface area contributed by atoms with Crippen LogP contribution in [-0.4, -0.2) is 31.1 Å². The van der Waals surface area contributed by atoms with Crippen LogP contribution in [0.2, 0.25) is 0 Å². The molecule has 0 fully saturated rings. The van der Waals surface area contributed by atoms with Crippen molar-refractivity contribution in [3.8, 4) is 0 Å². The van der Waals surface area contributed by atoms with Crippen LogP contribution in [0.25, 0.3) is 0 Å². The Kier molecular flexibility index (Phi) is 5.26. The van der Waals surface area contributed by atoms with E-state index in [-0.39, 0.29) is 18.7 Å². The van der Waals surface area contributed by atoms with Crippen LogP contribution in [0.1, 0.15) is 17.3 Å². The van der Waals surface area contributed by atoms with Gasteiger partial charge in [0.05, 0.1) is 12.2 Å². The fourth-order valence-corrected chi connectivity index (χ4v) is 1.28. The second-order valence-corrected chi connectivity index (χ2v) is 3.55. The second-order valence-electron chi connectivity index (χ2n) is 3.55. The predicted octanol–water partition coefficient (Wildman–Crippen LogP) is 0.446. The summed E-state index contributed by atoms with van der Waals surface area (Å²) in [6, 6.07) is 4.60. The number of hydrogen-bond acceptors (Lipinski definition) is 4. The lowest BCUT2D eigenvalue weighted by Gasteiger charge is -2.11. The molecule has 0 aliphatic carbocycles. The number of nitrogens with one attached hydrogen (secondary N) is 1. The van der Waals surface area contributed by atoms with Crippen LogP contribution >= 0.6 is 0 Å². The Morgan fingerprint density at radius 1 is 1.44 bits per heavy atom. The van der Waals surface area contributed by atoms with Gasteiger partial charge in [-0.1, -0.05) is 12.1 Å². The maximum atomic E-state index is 13.3. The predicted molar refractivity (Wildman–Crippen MR) is 63.3 cm³/mol. The summed E-state index contributed by atoms with van der Waals surface area (Å²) in [5.41, 5.74) is 5.40. The van der Waals surface area contributed by atoms with Gasteiger partial charge in [-0.2, -0.15) is 0 Å². The molecule has 0 unspecified atom stereocenters. The van der Waals surface area contributed by atoms with Crippen LogP contribution in [0.15, 0.2) is 24.3 Å². The van der Waals surface area contributed by atoms with Crippen LogP contribution < -0.4 is 11.1 Å². The maximum Gasteiger partial charge on any atom is 0.324 e. The second kappa shape index (κ2) is 6.70. The van der Waals surface area contributed by atoms with Crippen molar-refractivity contribution in [2.24, 2.45) is 5.73 Å². The van der Waals surface area contributed by atoms with Crippen molar-refractivity contribution >= 4 is 11.9 Å². The highest BCUT2D eigenvalue weighted by Crippen LogP contribution is 2.05. The first kappa shape index (κ1) is 14.1. The number of ether oxygens (including phenoxy) is 1. The van der Waals surface area contributed by atoms with E-state index in [1.807, 2.05) is 0 Å². The van der Waals surface area contributed by atoms with Crippen molar-refractivity contribution in [3.63, 3.8) is 0 Å². The minimum Gasteiger partial charge on any atom is -0.465 e. The zero-order valence-corrected chi connectivity index (χ0v) is 9.98. The van der Waals surface area contributed by atoms with Gasteiger partial charge >= 0.3 is 5.97 Å². The van der Waals surface area contributed by atoms with Gasteiger partial charge in [0.25, 0.3) is 5.91 Å². The van der Waals surface area contributed by atoms with Crippen molar-refractivity contribution in [1.29, 1.82) is 0 Å². The van der Waals surface area contributed by atoms with Crippen LogP contribution in [0.4, 0.5) is 4.39 Å². The number of carbonyl (C=O) groups excluding carboxylic acids is 2. The summed E-state index contributed by atoms with van der Waals surface area (Å²) in [5, 5.41) is 2.37. The molecule has 1 atom stereocenters. The standard InChI is InChI=1S/C12H15FN2O3/c1-2-18-12(17)10(14)7-15-11(16)8-5-3-4-6-9(8)13/h3-6,10H,2,7,14H2,1H3,(H,15,16)/t10-/m0/s1. The molecule has 0 aliphatic heterocycles. The molecule has 0 saturated heterocycles. The molecule has 0 saturated carbocycles. The van der Waals surface area contributed by atoms with Crippen LogP contribution in [0.5, 0.6) is 0 Å². The van der Waals surface area contributed by atoms with Crippen molar-refractivity contribution in [3.05, 3.63) is 35.6 Å². The van der Waals surface area contributed by atoms with Gasteiger partial charge in [-0.3, -0.25) is 9.59 Å². The van der Waals surface area contributed by atoms with E-state index in [9.17, 15) is 14.0 Å². The molecule has 1 amide bonds. The maximum absolute atomic E-state index is 13.3. The van der Waals surface area contributed by atoms with Gasteiger partial charge in [-0.25, -0.2) is 4.39 Å². The molecule has 0 aliphatic rings. The first-order valence-corrected chi connectivity index (χ1v) is 5.51. The van der Waals surface area contributed by atoms with Gasteiger partial charge < -0.3 is 15.8 Å². The third-order valence-corrected chi connectivity index (χ3v) is 2.19. The fourth-order valence-electron chi connectivity index (χ4n) is 1.28. The SMILES string of the molecule is CCOC(=O)[C@@H](N)CNC(=O)c1ccccc1F. The van der Waals surface area contributed by atoms with E-state index < -0.39 is 23.7 Å². The molecule has 1 rings (SSSR count). The first-order chi connectivity index (χ1) is 8.56. The highest BCUT2D eigenvalue weighted by molar-refractivity contribution is 5.94. The number of esters is 1. The lowest BCUT2D eigenvalue weighted by Crippen LogP contribution is -2.43. The monoisotopic (exact) mass is 254 g/mol. The Morgan fingerprint density at radius 3 is 2.72 bits per heavy atom. The van der Waals surface area contributed by atoms with E-state index in [1.165, 1.54) is 18.2 Å². The lowest BCUT2D eigenvalue weighted by atomic mass is 10.2. The highest BCUT2D eigenvalue weighted by Gasteiger charge is 2.17.